The minimum absolute atomic E-state index is 0.846. The first-order chi connectivity index (χ1) is 7.33. The molecular weight excluding hydrogens is 248 g/mol. The van der Waals surface area contributed by atoms with Gasteiger partial charge in [0.2, 0.25) is 0 Å². The predicted molar refractivity (Wildman–Crippen MR) is 68.2 cm³/mol. The van der Waals surface area contributed by atoms with Gasteiger partial charge in [-0.3, -0.25) is 0 Å². The van der Waals surface area contributed by atoms with Crippen molar-refractivity contribution in [1.29, 1.82) is 0 Å². The smallest absolute Gasteiger partial charge is 0.0148 e. The Morgan fingerprint density at radius 3 is 1.93 bits per heavy atom. The Labute approximate surface area is 102 Å². The molecule has 0 saturated heterocycles. The summed E-state index contributed by atoms with van der Waals surface area (Å²) in [5.41, 5.74) is 0. The third kappa shape index (κ3) is 2.14. The molecule has 15 heavy (non-hydrogen) atoms. The summed E-state index contributed by atoms with van der Waals surface area (Å²) in [7, 11) is 0. The van der Waals surface area contributed by atoms with Crippen LogP contribution in [0.4, 0.5) is 0 Å². The topological polar surface area (TPSA) is 0 Å². The van der Waals surface area contributed by atoms with E-state index in [9.17, 15) is 0 Å². The Hall–Kier alpha value is 0.480. The zero-order valence-electron chi connectivity index (χ0n) is 9.63. The lowest BCUT2D eigenvalue weighted by Gasteiger charge is -2.47. The molecule has 0 spiro atoms. The summed E-state index contributed by atoms with van der Waals surface area (Å²) in [4.78, 5) is 0.846. The van der Waals surface area contributed by atoms with Crippen LogP contribution in [0.15, 0.2) is 0 Å². The standard InChI is InChI=1S/C14H23Br/c15-14-6-5-12-7-10-3-1-2-4-11(10)8-13(12)9-14/h10-14H,1-9H2. The maximum absolute atomic E-state index is 3.84. The molecule has 5 unspecified atom stereocenters. The largest absolute Gasteiger partial charge is 0.0891 e. The van der Waals surface area contributed by atoms with Gasteiger partial charge < -0.3 is 0 Å². The first-order valence-electron chi connectivity index (χ1n) is 6.97. The van der Waals surface area contributed by atoms with Gasteiger partial charge in [0, 0.05) is 4.83 Å². The Morgan fingerprint density at radius 1 is 0.600 bits per heavy atom. The highest BCUT2D eigenvalue weighted by molar-refractivity contribution is 9.09. The van der Waals surface area contributed by atoms with Crippen LogP contribution < -0.4 is 0 Å². The Bertz CT molecular complexity index is 225. The third-order valence-electron chi connectivity index (χ3n) is 5.35. The van der Waals surface area contributed by atoms with Gasteiger partial charge in [0.15, 0.2) is 0 Å². The van der Waals surface area contributed by atoms with Crippen LogP contribution in [0.5, 0.6) is 0 Å². The highest BCUT2D eigenvalue weighted by Gasteiger charge is 2.40. The molecule has 0 aromatic rings. The van der Waals surface area contributed by atoms with Crippen LogP contribution in [0.2, 0.25) is 0 Å². The maximum atomic E-state index is 3.84. The fourth-order valence-corrected chi connectivity index (χ4v) is 5.30. The summed E-state index contributed by atoms with van der Waals surface area (Å²) in [6, 6.07) is 0. The van der Waals surface area contributed by atoms with Crippen molar-refractivity contribution in [3.05, 3.63) is 0 Å². The van der Waals surface area contributed by atoms with Crippen molar-refractivity contribution < 1.29 is 0 Å². The molecule has 86 valence electrons. The Kier molecular flexibility index (Phi) is 3.11. The third-order valence-corrected chi connectivity index (χ3v) is 6.19. The molecule has 0 N–H and O–H groups in total. The fraction of sp³-hybridized carbons (Fsp3) is 1.00. The molecular formula is C14H23Br. The van der Waals surface area contributed by atoms with Gasteiger partial charge in [-0.05, 0) is 55.8 Å². The van der Waals surface area contributed by atoms with Crippen LogP contribution in [-0.2, 0) is 0 Å². The van der Waals surface area contributed by atoms with Crippen molar-refractivity contribution in [3.63, 3.8) is 0 Å². The van der Waals surface area contributed by atoms with Crippen molar-refractivity contribution >= 4 is 15.9 Å². The average molecular weight is 271 g/mol. The maximum Gasteiger partial charge on any atom is 0.0148 e. The molecule has 5 atom stereocenters. The fourth-order valence-electron chi connectivity index (χ4n) is 4.55. The van der Waals surface area contributed by atoms with Gasteiger partial charge in [-0.2, -0.15) is 0 Å². The van der Waals surface area contributed by atoms with Crippen LogP contribution in [0, 0.1) is 23.7 Å². The molecule has 0 nitrogen and oxygen atoms in total. The molecule has 3 aliphatic rings. The van der Waals surface area contributed by atoms with E-state index in [2.05, 4.69) is 15.9 Å². The number of alkyl halides is 1. The van der Waals surface area contributed by atoms with Crippen molar-refractivity contribution in [1.82, 2.24) is 0 Å². The lowest BCUT2D eigenvalue weighted by Crippen LogP contribution is -2.37. The molecule has 3 fully saturated rings. The van der Waals surface area contributed by atoms with E-state index in [1.54, 1.807) is 25.7 Å². The first-order valence-corrected chi connectivity index (χ1v) is 7.88. The monoisotopic (exact) mass is 270 g/mol. The predicted octanol–water partition coefficient (Wildman–Crippen LogP) is 4.77. The second-order valence-electron chi connectivity index (χ2n) is 6.21. The quantitative estimate of drug-likeness (QED) is 0.557. The van der Waals surface area contributed by atoms with Crippen molar-refractivity contribution in [2.24, 2.45) is 23.7 Å². The van der Waals surface area contributed by atoms with E-state index in [0.717, 1.165) is 28.5 Å². The molecule has 0 aliphatic heterocycles. The molecule has 3 rings (SSSR count). The molecule has 0 bridgehead atoms. The molecule has 3 saturated carbocycles. The average Bonchev–Trinajstić information content (AvgIpc) is 2.26. The van der Waals surface area contributed by atoms with E-state index in [1.165, 1.54) is 32.1 Å². The second kappa shape index (κ2) is 4.39. The zero-order valence-corrected chi connectivity index (χ0v) is 11.2. The van der Waals surface area contributed by atoms with Crippen LogP contribution in [0.1, 0.15) is 57.8 Å². The molecule has 0 radical (unpaired) electrons. The highest BCUT2D eigenvalue weighted by Crippen LogP contribution is 2.50. The summed E-state index contributed by atoms with van der Waals surface area (Å²) in [5.74, 6) is 4.45. The summed E-state index contributed by atoms with van der Waals surface area (Å²) in [6.07, 6.45) is 13.8. The second-order valence-corrected chi connectivity index (χ2v) is 7.50. The Morgan fingerprint density at radius 2 is 1.20 bits per heavy atom. The minimum atomic E-state index is 0.846. The van der Waals surface area contributed by atoms with E-state index in [1.807, 2.05) is 0 Å². The van der Waals surface area contributed by atoms with Crippen molar-refractivity contribution in [2.45, 2.75) is 62.6 Å². The van der Waals surface area contributed by atoms with E-state index in [0.29, 0.717) is 0 Å². The van der Waals surface area contributed by atoms with Gasteiger partial charge in [-0.1, -0.05) is 41.6 Å². The van der Waals surface area contributed by atoms with Gasteiger partial charge in [0.05, 0.1) is 0 Å². The lowest BCUT2D eigenvalue weighted by molar-refractivity contribution is 0.0542. The van der Waals surface area contributed by atoms with Crippen molar-refractivity contribution in [2.75, 3.05) is 0 Å². The summed E-state index contributed by atoms with van der Waals surface area (Å²) in [5, 5.41) is 0. The molecule has 0 heterocycles. The van der Waals surface area contributed by atoms with Gasteiger partial charge in [-0.25, -0.2) is 0 Å². The number of hydrogen-bond donors (Lipinski definition) is 0. The molecule has 0 aromatic carbocycles. The van der Waals surface area contributed by atoms with Gasteiger partial charge >= 0.3 is 0 Å². The van der Waals surface area contributed by atoms with Crippen LogP contribution in [-0.4, -0.2) is 4.83 Å². The summed E-state index contributed by atoms with van der Waals surface area (Å²) in [6.45, 7) is 0. The lowest BCUT2D eigenvalue weighted by atomic mass is 9.60. The van der Waals surface area contributed by atoms with Gasteiger partial charge in [-0.15, -0.1) is 0 Å². The number of halogens is 1. The summed E-state index contributed by atoms with van der Waals surface area (Å²) >= 11 is 3.84. The SMILES string of the molecule is BrC1CCC2CC3CCCCC3CC2C1. The van der Waals surface area contributed by atoms with E-state index in [4.69, 9.17) is 0 Å². The van der Waals surface area contributed by atoms with Crippen molar-refractivity contribution in [3.8, 4) is 0 Å². The van der Waals surface area contributed by atoms with Gasteiger partial charge in [0.1, 0.15) is 0 Å². The number of rotatable bonds is 0. The number of hydrogen-bond acceptors (Lipinski definition) is 0. The van der Waals surface area contributed by atoms with Crippen LogP contribution in [0.3, 0.4) is 0 Å². The van der Waals surface area contributed by atoms with Gasteiger partial charge in [0.25, 0.3) is 0 Å². The van der Waals surface area contributed by atoms with E-state index < -0.39 is 0 Å². The Balaban J connectivity index is 1.67. The molecule has 1 heteroatoms. The summed E-state index contributed by atoms with van der Waals surface area (Å²) < 4.78 is 0. The highest BCUT2D eigenvalue weighted by atomic mass is 79.9. The minimum Gasteiger partial charge on any atom is -0.0891 e. The molecule has 0 aromatic heterocycles. The molecule has 0 amide bonds. The van der Waals surface area contributed by atoms with E-state index >= 15 is 0 Å². The van der Waals surface area contributed by atoms with Crippen LogP contribution >= 0.6 is 15.9 Å². The molecule has 3 aliphatic carbocycles. The first kappa shape index (κ1) is 10.6. The number of fused-ring (bicyclic) bond motifs is 2. The van der Waals surface area contributed by atoms with Crippen LogP contribution in [0.25, 0.3) is 0 Å². The normalized spacial score (nSPS) is 50.6. The zero-order chi connectivity index (χ0) is 10.3. The van der Waals surface area contributed by atoms with E-state index in [-0.39, 0.29) is 0 Å².